The molecule has 0 bridgehead atoms. The summed E-state index contributed by atoms with van der Waals surface area (Å²) in [5.74, 6) is 0.918. The fourth-order valence-corrected chi connectivity index (χ4v) is 2.13. The Balaban J connectivity index is 2.55. The van der Waals surface area contributed by atoms with E-state index in [4.69, 9.17) is 4.74 Å². The molecule has 4 nitrogen and oxygen atoms in total. The summed E-state index contributed by atoms with van der Waals surface area (Å²) in [6, 6.07) is 4.10. The summed E-state index contributed by atoms with van der Waals surface area (Å²) in [5, 5.41) is 5.64. The summed E-state index contributed by atoms with van der Waals surface area (Å²) >= 11 is 0. The topological polar surface area (TPSA) is 50.4 Å². The van der Waals surface area contributed by atoms with Crippen molar-refractivity contribution < 1.29 is 9.53 Å². The molecule has 1 aromatic rings. The van der Waals surface area contributed by atoms with Crippen LogP contribution >= 0.6 is 0 Å². The maximum atomic E-state index is 11.4. The second kappa shape index (κ2) is 7.67. The van der Waals surface area contributed by atoms with Crippen LogP contribution in [0.4, 0.5) is 4.79 Å². The van der Waals surface area contributed by atoms with E-state index in [-0.39, 0.29) is 6.03 Å². The molecule has 0 fully saturated rings. The van der Waals surface area contributed by atoms with Gasteiger partial charge in [0, 0.05) is 13.1 Å². The molecule has 0 unspecified atom stereocenters. The lowest BCUT2D eigenvalue weighted by Crippen LogP contribution is -2.36. The van der Waals surface area contributed by atoms with Gasteiger partial charge in [-0.1, -0.05) is 24.6 Å². The second-order valence-electron chi connectivity index (χ2n) is 4.71. The van der Waals surface area contributed by atoms with Gasteiger partial charge in [-0.2, -0.15) is 0 Å². The van der Waals surface area contributed by atoms with Gasteiger partial charge in [0.2, 0.25) is 0 Å². The molecule has 0 spiro atoms. The van der Waals surface area contributed by atoms with Crippen molar-refractivity contribution >= 4 is 6.03 Å². The number of hydrogen-bond donors (Lipinski definition) is 2. The third-order valence-corrected chi connectivity index (χ3v) is 2.92. The van der Waals surface area contributed by atoms with E-state index in [1.807, 2.05) is 13.8 Å². The number of ether oxygens (including phenoxy) is 1. The average molecular weight is 264 g/mol. The Kier molecular flexibility index (Phi) is 6.19. The quantitative estimate of drug-likeness (QED) is 0.829. The number of rotatable bonds is 6. The molecule has 1 rings (SSSR count). The number of nitrogens with one attached hydrogen (secondary N) is 2. The zero-order valence-corrected chi connectivity index (χ0v) is 12.3. The minimum atomic E-state index is -0.106. The van der Waals surface area contributed by atoms with Gasteiger partial charge in [-0.15, -0.1) is 0 Å². The Labute approximate surface area is 115 Å². The van der Waals surface area contributed by atoms with Crippen LogP contribution in [0.3, 0.4) is 0 Å². The van der Waals surface area contributed by atoms with E-state index < -0.39 is 0 Å². The molecule has 19 heavy (non-hydrogen) atoms. The summed E-state index contributed by atoms with van der Waals surface area (Å²) in [6.07, 6.45) is 1.71. The van der Waals surface area contributed by atoms with E-state index >= 15 is 0 Å². The second-order valence-corrected chi connectivity index (χ2v) is 4.71. The van der Waals surface area contributed by atoms with E-state index in [9.17, 15) is 4.79 Å². The first kappa shape index (κ1) is 15.3. The van der Waals surface area contributed by atoms with Crippen molar-refractivity contribution in [1.82, 2.24) is 10.6 Å². The highest BCUT2D eigenvalue weighted by Crippen LogP contribution is 2.25. The van der Waals surface area contributed by atoms with Crippen LogP contribution in [0.1, 0.15) is 30.0 Å². The number of aryl methyl sites for hydroxylation is 2. The Morgan fingerprint density at radius 1 is 1.21 bits per heavy atom. The van der Waals surface area contributed by atoms with Gasteiger partial charge in [-0.25, -0.2) is 4.79 Å². The number of carbonyl (C=O) groups excluding carboxylic acids is 1. The normalized spacial score (nSPS) is 10.1. The molecule has 0 radical (unpaired) electrons. The summed E-state index contributed by atoms with van der Waals surface area (Å²) in [7, 11) is 1.68. The number of carbonyl (C=O) groups is 1. The summed E-state index contributed by atoms with van der Waals surface area (Å²) in [6.45, 7) is 7.45. The minimum absolute atomic E-state index is 0.106. The van der Waals surface area contributed by atoms with E-state index in [0.29, 0.717) is 13.1 Å². The molecular formula is C15H24N2O2. The van der Waals surface area contributed by atoms with Gasteiger partial charge in [-0.3, -0.25) is 0 Å². The van der Waals surface area contributed by atoms with Crippen LogP contribution in [0.15, 0.2) is 12.1 Å². The monoisotopic (exact) mass is 264 g/mol. The molecule has 0 saturated heterocycles. The van der Waals surface area contributed by atoms with E-state index in [1.165, 1.54) is 5.56 Å². The highest BCUT2D eigenvalue weighted by molar-refractivity contribution is 5.73. The van der Waals surface area contributed by atoms with Crippen LogP contribution in [0.5, 0.6) is 5.75 Å². The van der Waals surface area contributed by atoms with Crippen LogP contribution in [-0.2, 0) is 6.42 Å². The number of amides is 2. The zero-order chi connectivity index (χ0) is 14.3. The number of benzene rings is 1. The van der Waals surface area contributed by atoms with Gasteiger partial charge in [0.1, 0.15) is 5.75 Å². The highest BCUT2D eigenvalue weighted by atomic mass is 16.5. The minimum Gasteiger partial charge on any atom is -0.496 e. The Bertz CT molecular complexity index is 430. The molecule has 2 N–H and O–H groups in total. The number of urea groups is 1. The molecule has 0 atom stereocenters. The first-order valence-electron chi connectivity index (χ1n) is 6.74. The van der Waals surface area contributed by atoms with Gasteiger partial charge in [-0.05, 0) is 37.8 Å². The molecule has 0 aromatic heterocycles. The molecule has 0 aliphatic carbocycles. The Morgan fingerprint density at radius 3 is 2.53 bits per heavy atom. The largest absolute Gasteiger partial charge is 0.496 e. The van der Waals surface area contributed by atoms with Crippen molar-refractivity contribution in [2.24, 2.45) is 0 Å². The smallest absolute Gasteiger partial charge is 0.314 e. The van der Waals surface area contributed by atoms with Crippen molar-refractivity contribution in [2.75, 3.05) is 20.2 Å². The summed E-state index contributed by atoms with van der Waals surface area (Å²) in [5.41, 5.74) is 3.48. The van der Waals surface area contributed by atoms with Crippen molar-refractivity contribution in [3.63, 3.8) is 0 Å². The van der Waals surface area contributed by atoms with Gasteiger partial charge in [0.25, 0.3) is 0 Å². The molecule has 0 heterocycles. The maximum Gasteiger partial charge on any atom is 0.314 e. The van der Waals surface area contributed by atoms with Crippen molar-refractivity contribution in [3.8, 4) is 5.75 Å². The zero-order valence-electron chi connectivity index (χ0n) is 12.3. The molecule has 4 heteroatoms. The Hall–Kier alpha value is -1.71. The molecule has 2 amide bonds. The van der Waals surface area contributed by atoms with Crippen LogP contribution in [0.25, 0.3) is 0 Å². The lowest BCUT2D eigenvalue weighted by molar-refractivity contribution is 0.241. The van der Waals surface area contributed by atoms with E-state index in [2.05, 4.69) is 29.7 Å². The predicted molar refractivity (Wildman–Crippen MR) is 77.9 cm³/mol. The van der Waals surface area contributed by atoms with Gasteiger partial charge < -0.3 is 15.4 Å². The van der Waals surface area contributed by atoms with Crippen LogP contribution in [0, 0.1) is 13.8 Å². The lowest BCUT2D eigenvalue weighted by Gasteiger charge is -2.13. The van der Waals surface area contributed by atoms with Crippen molar-refractivity contribution in [2.45, 2.75) is 33.6 Å². The molecule has 1 aromatic carbocycles. The predicted octanol–water partition coefficient (Wildman–Crippen LogP) is 2.56. The van der Waals surface area contributed by atoms with E-state index in [1.54, 1.807) is 7.11 Å². The SMILES string of the molecule is CCCNC(=O)NCCc1cc(C)cc(C)c1OC. The van der Waals surface area contributed by atoms with Gasteiger partial charge in [0.15, 0.2) is 0 Å². The van der Waals surface area contributed by atoms with Crippen LogP contribution in [-0.4, -0.2) is 26.2 Å². The number of methoxy groups -OCH3 is 1. The Morgan fingerprint density at radius 2 is 1.89 bits per heavy atom. The maximum absolute atomic E-state index is 11.4. The van der Waals surface area contributed by atoms with Crippen LogP contribution in [0.2, 0.25) is 0 Å². The third-order valence-electron chi connectivity index (χ3n) is 2.92. The first-order valence-corrected chi connectivity index (χ1v) is 6.74. The molecule has 0 aliphatic heterocycles. The van der Waals surface area contributed by atoms with E-state index in [0.717, 1.165) is 29.7 Å². The summed E-state index contributed by atoms with van der Waals surface area (Å²) in [4.78, 5) is 11.4. The number of hydrogen-bond acceptors (Lipinski definition) is 2. The highest BCUT2D eigenvalue weighted by Gasteiger charge is 2.08. The fourth-order valence-electron chi connectivity index (χ4n) is 2.13. The fraction of sp³-hybridized carbons (Fsp3) is 0.533. The standard InChI is InChI=1S/C15H24N2O2/c1-5-7-16-15(18)17-8-6-13-10-11(2)9-12(3)14(13)19-4/h9-10H,5-8H2,1-4H3,(H2,16,17,18). The van der Waals surface area contributed by atoms with Crippen molar-refractivity contribution in [3.05, 3.63) is 28.8 Å². The molecular weight excluding hydrogens is 240 g/mol. The van der Waals surface area contributed by atoms with Gasteiger partial charge in [0.05, 0.1) is 7.11 Å². The molecule has 0 saturated carbocycles. The summed E-state index contributed by atoms with van der Waals surface area (Å²) < 4.78 is 5.43. The molecule has 0 aliphatic rings. The van der Waals surface area contributed by atoms with Crippen molar-refractivity contribution in [1.29, 1.82) is 0 Å². The lowest BCUT2D eigenvalue weighted by atomic mass is 10.0. The van der Waals surface area contributed by atoms with Crippen LogP contribution < -0.4 is 15.4 Å². The van der Waals surface area contributed by atoms with Gasteiger partial charge >= 0.3 is 6.03 Å². The average Bonchev–Trinajstić information content (AvgIpc) is 2.36. The third kappa shape index (κ3) is 4.81. The first-order chi connectivity index (χ1) is 9.08. The molecule has 106 valence electrons.